The highest BCUT2D eigenvalue weighted by Crippen LogP contribution is 2.22. The molecule has 0 saturated heterocycles. The summed E-state index contributed by atoms with van der Waals surface area (Å²) in [7, 11) is 0. The highest BCUT2D eigenvalue weighted by atomic mass is 127. The van der Waals surface area contributed by atoms with Crippen LogP contribution >= 0.6 is 22.6 Å². The molecule has 0 fully saturated rings. The maximum absolute atomic E-state index is 11.2. The van der Waals surface area contributed by atoms with Gasteiger partial charge in [0.15, 0.2) is 0 Å². The fraction of sp³-hybridized carbons (Fsp3) is 0. The summed E-state index contributed by atoms with van der Waals surface area (Å²) in [5, 5.41) is 15.9. The van der Waals surface area contributed by atoms with E-state index in [1.807, 2.05) is 22.6 Å². The van der Waals surface area contributed by atoms with Gasteiger partial charge in [-0.1, -0.05) is 0 Å². The summed E-state index contributed by atoms with van der Waals surface area (Å²) in [6, 6.07) is 2.70. The van der Waals surface area contributed by atoms with Crippen LogP contribution in [-0.2, 0) is 0 Å². The first-order valence-electron chi connectivity index (χ1n) is 3.64. The molecule has 72 valence electrons. The summed E-state index contributed by atoms with van der Waals surface area (Å²) in [6.45, 7) is 0. The van der Waals surface area contributed by atoms with Crippen LogP contribution in [0.3, 0.4) is 0 Å². The van der Waals surface area contributed by atoms with E-state index in [9.17, 15) is 14.9 Å². The molecule has 0 saturated carbocycles. The average molecular weight is 305 g/mol. The van der Waals surface area contributed by atoms with Gasteiger partial charge in [0, 0.05) is 15.7 Å². The summed E-state index contributed by atoms with van der Waals surface area (Å²) >= 11 is 1.89. The predicted octanol–water partition coefficient (Wildman–Crippen LogP) is 1.37. The van der Waals surface area contributed by atoms with Crippen molar-refractivity contribution in [1.82, 2.24) is 10.2 Å². The van der Waals surface area contributed by atoms with Crippen LogP contribution in [0.4, 0.5) is 5.69 Å². The SMILES string of the molecule is O=c1[nH][nH]c2cc([N+](=O)[O-])cc(I)c12. The Morgan fingerprint density at radius 2 is 2.07 bits per heavy atom. The Hall–Kier alpha value is -1.38. The number of hydrogen-bond acceptors (Lipinski definition) is 3. The maximum Gasteiger partial charge on any atom is 0.272 e. The summed E-state index contributed by atoms with van der Waals surface area (Å²) in [5.74, 6) is 0. The van der Waals surface area contributed by atoms with Gasteiger partial charge in [0.25, 0.3) is 11.2 Å². The highest BCUT2D eigenvalue weighted by Gasteiger charge is 2.13. The Balaban J connectivity index is 2.87. The first-order valence-corrected chi connectivity index (χ1v) is 4.72. The third-order valence-corrected chi connectivity index (χ3v) is 2.67. The van der Waals surface area contributed by atoms with Crippen molar-refractivity contribution in [1.29, 1.82) is 0 Å². The largest absolute Gasteiger partial charge is 0.297 e. The van der Waals surface area contributed by atoms with Gasteiger partial charge < -0.3 is 0 Å². The van der Waals surface area contributed by atoms with Gasteiger partial charge in [-0.25, -0.2) is 0 Å². The van der Waals surface area contributed by atoms with Crippen LogP contribution in [-0.4, -0.2) is 15.1 Å². The molecule has 0 atom stereocenters. The van der Waals surface area contributed by atoms with Gasteiger partial charge in [-0.05, 0) is 22.6 Å². The maximum atomic E-state index is 11.2. The molecule has 14 heavy (non-hydrogen) atoms. The molecule has 1 heterocycles. The number of hydrogen-bond donors (Lipinski definition) is 2. The topological polar surface area (TPSA) is 91.8 Å². The summed E-state index contributed by atoms with van der Waals surface area (Å²) in [5.41, 5.74) is 0.157. The molecule has 0 spiro atoms. The van der Waals surface area contributed by atoms with E-state index in [-0.39, 0.29) is 11.2 Å². The number of non-ortho nitro benzene ring substituents is 1. The second-order valence-electron chi connectivity index (χ2n) is 2.69. The molecule has 2 rings (SSSR count). The summed E-state index contributed by atoms with van der Waals surface area (Å²) < 4.78 is 0.564. The Morgan fingerprint density at radius 3 is 2.71 bits per heavy atom. The number of H-pyrrole nitrogens is 2. The van der Waals surface area contributed by atoms with Gasteiger partial charge in [0.05, 0.1) is 15.8 Å². The van der Waals surface area contributed by atoms with E-state index in [2.05, 4.69) is 10.2 Å². The number of aromatic amines is 2. The number of nitro benzene ring substituents is 1. The molecular weight excluding hydrogens is 301 g/mol. The lowest BCUT2D eigenvalue weighted by molar-refractivity contribution is -0.384. The van der Waals surface area contributed by atoms with Gasteiger partial charge in [-0.3, -0.25) is 25.1 Å². The van der Waals surface area contributed by atoms with Crippen molar-refractivity contribution in [2.45, 2.75) is 0 Å². The molecule has 6 nitrogen and oxygen atoms in total. The molecule has 0 amide bonds. The number of aromatic nitrogens is 2. The van der Waals surface area contributed by atoms with Gasteiger partial charge in [0.2, 0.25) is 0 Å². The number of nitrogens with one attached hydrogen (secondary N) is 2. The molecule has 0 aliphatic heterocycles. The van der Waals surface area contributed by atoms with Crippen molar-refractivity contribution in [3.63, 3.8) is 0 Å². The fourth-order valence-corrected chi connectivity index (χ4v) is 2.07. The van der Waals surface area contributed by atoms with Crippen LogP contribution in [0, 0.1) is 13.7 Å². The third kappa shape index (κ3) is 1.29. The van der Waals surface area contributed by atoms with Crippen molar-refractivity contribution in [3.8, 4) is 0 Å². The van der Waals surface area contributed by atoms with E-state index >= 15 is 0 Å². The Bertz CT molecular complexity index is 571. The lowest BCUT2D eigenvalue weighted by atomic mass is 10.2. The monoisotopic (exact) mass is 305 g/mol. The summed E-state index contributed by atoms with van der Waals surface area (Å²) in [4.78, 5) is 21.2. The van der Waals surface area contributed by atoms with E-state index in [0.717, 1.165) is 0 Å². The second kappa shape index (κ2) is 3.08. The molecule has 0 aliphatic carbocycles. The number of nitro groups is 1. The van der Waals surface area contributed by atoms with Crippen LogP contribution in [0.1, 0.15) is 0 Å². The van der Waals surface area contributed by atoms with E-state index < -0.39 is 4.92 Å². The van der Waals surface area contributed by atoms with Crippen molar-refractivity contribution in [2.75, 3.05) is 0 Å². The molecule has 1 aromatic carbocycles. The molecule has 7 heteroatoms. The van der Waals surface area contributed by atoms with Gasteiger partial charge in [0.1, 0.15) is 0 Å². The fourth-order valence-electron chi connectivity index (χ4n) is 1.21. The Labute approximate surface area is 90.6 Å². The molecule has 2 aromatic rings. The summed E-state index contributed by atoms with van der Waals surface area (Å²) in [6.07, 6.45) is 0. The Kier molecular flexibility index (Phi) is 2.02. The first-order chi connectivity index (χ1) is 6.59. The lowest BCUT2D eigenvalue weighted by Crippen LogP contribution is -1.99. The van der Waals surface area contributed by atoms with E-state index in [0.29, 0.717) is 14.5 Å². The molecule has 0 radical (unpaired) electrons. The zero-order chi connectivity index (χ0) is 10.3. The van der Waals surface area contributed by atoms with Gasteiger partial charge in [-0.2, -0.15) is 0 Å². The first kappa shape index (κ1) is 9.19. The standard InChI is InChI=1S/C7H4IN3O3/c8-4-1-3(11(13)14)2-5-6(4)7(12)10-9-5/h1-2H,(H2,9,10,12). The highest BCUT2D eigenvalue weighted by molar-refractivity contribution is 14.1. The molecule has 0 bridgehead atoms. The number of benzene rings is 1. The number of nitrogens with zero attached hydrogens (tertiary/aromatic N) is 1. The van der Waals surface area contributed by atoms with Crippen LogP contribution in [0.25, 0.3) is 10.9 Å². The Morgan fingerprint density at radius 1 is 1.36 bits per heavy atom. The van der Waals surface area contributed by atoms with E-state index in [1.165, 1.54) is 12.1 Å². The molecule has 2 N–H and O–H groups in total. The second-order valence-corrected chi connectivity index (χ2v) is 3.85. The molecular formula is C7H4IN3O3. The zero-order valence-corrected chi connectivity index (χ0v) is 8.86. The van der Waals surface area contributed by atoms with Crippen LogP contribution in [0.5, 0.6) is 0 Å². The quantitative estimate of drug-likeness (QED) is 0.473. The zero-order valence-electron chi connectivity index (χ0n) is 6.70. The minimum absolute atomic E-state index is 0.0304. The van der Waals surface area contributed by atoms with E-state index in [4.69, 9.17) is 0 Å². The minimum Gasteiger partial charge on any atom is -0.297 e. The van der Waals surface area contributed by atoms with Crippen molar-refractivity contribution in [3.05, 3.63) is 36.2 Å². The van der Waals surface area contributed by atoms with Gasteiger partial charge in [-0.15, -0.1) is 0 Å². The lowest BCUT2D eigenvalue weighted by Gasteiger charge is -1.93. The van der Waals surface area contributed by atoms with Crippen molar-refractivity contribution < 1.29 is 4.92 Å². The average Bonchev–Trinajstić information content (AvgIpc) is 2.48. The minimum atomic E-state index is -0.493. The molecule has 0 unspecified atom stereocenters. The van der Waals surface area contributed by atoms with Crippen LogP contribution in [0.15, 0.2) is 16.9 Å². The van der Waals surface area contributed by atoms with Crippen LogP contribution < -0.4 is 5.56 Å². The number of halogens is 1. The predicted molar refractivity (Wildman–Crippen MR) is 58.3 cm³/mol. The molecule has 0 aliphatic rings. The van der Waals surface area contributed by atoms with Crippen molar-refractivity contribution >= 4 is 39.2 Å². The van der Waals surface area contributed by atoms with Crippen molar-refractivity contribution in [2.24, 2.45) is 0 Å². The normalized spacial score (nSPS) is 10.6. The van der Waals surface area contributed by atoms with Gasteiger partial charge >= 0.3 is 0 Å². The molecule has 1 aromatic heterocycles. The van der Waals surface area contributed by atoms with Crippen LogP contribution in [0.2, 0.25) is 0 Å². The number of fused-ring (bicyclic) bond motifs is 1. The number of rotatable bonds is 1. The van der Waals surface area contributed by atoms with E-state index in [1.54, 1.807) is 0 Å². The smallest absolute Gasteiger partial charge is 0.272 e. The third-order valence-electron chi connectivity index (χ3n) is 1.82.